The van der Waals surface area contributed by atoms with E-state index in [0.29, 0.717) is 27.8 Å². The molecule has 6 rings (SSSR count). The minimum Gasteiger partial charge on any atom is -0.481 e. The summed E-state index contributed by atoms with van der Waals surface area (Å²) >= 11 is 10.4. The van der Waals surface area contributed by atoms with Crippen molar-refractivity contribution < 1.29 is 14.1 Å². The molecule has 0 fully saturated rings. The first-order valence-electron chi connectivity index (χ1n) is 12.4. The van der Waals surface area contributed by atoms with Crippen molar-refractivity contribution in [1.82, 2.24) is 9.66 Å². The zero-order chi connectivity index (χ0) is 29.4. The molecule has 208 valence electrons. The molecule has 4 aromatic carbocycles. The van der Waals surface area contributed by atoms with Crippen molar-refractivity contribution in [2.45, 2.75) is 6.61 Å². The van der Waals surface area contributed by atoms with Gasteiger partial charge in [0.25, 0.3) is 5.56 Å². The van der Waals surface area contributed by atoms with Gasteiger partial charge in [-0.1, -0.05) is 72.1 Å². The van der Waals surface area contributed by atoms with Gasteiger partial charge in [0.1, 0.15) is 12.2 Å². The van der Waals surface area contributed by atoms with Gasteiger partial charge in [-0.15, -0.1) is 0 Å². The van der Waals surface area contributed by atoms with Crippen LogP contribution in [0.15, 0.2) is 113 Å². The van der Waals surface area contributed by atoms with Crippen molar-refractivity contribution in [2.75, 3.05) is 0 Å². The van der Waals surface area contributed by atoms with Crippen LogP contribution in [-0.4, -0.2) is 20.8 Å². The fourth-order valence-electron chi connectivity index (χ4n) is 4.37. The minimum absolute atomic E-state index is 0.0120. The van der Waals surface area contributed by atoms with Crippen molar-refractivity contribution in [3.63, 3.8) is 0 Å². The standard InChI is InChI=1S/C30H17Br3N4O5/c31-20-10-11-26-19(12-20)13-27(42-26)29-35-24-6-2-1-5-22(24)30(38)36(29)34-15-17-4-3-7-25(37(39)40)28(17)41-16-18-8-9-21(32)14-23(18)33/h1-15H,16H2. The van der Waals surface area contributed by atoms with Crippen LogP contribution < -0.4 is 10.3 Å². The highest BCUT2D eigenvalue weighted by atomic mass is 79.9. The highest BCUT2D eigenvalue weighted by Gasteiger charge is 2.20. The second-order valence-corrected chi connectivity index (χ2v) is 11.8. The van der Waals surface area contributed by atoms with Crippen molar-refractivity contribution in [1.29, 1.82) is 0 Å². The molecule has 0 saturated carbocycles. The smallest absolute Gasteiger partial charge is 0.311 e. The summed E-state index contributed by atoms with van der Waals surface area (Å²) in [6.07, 6.45) is 1.35. The Kier molecular flexibility index (Phi) is 7.76. The number of nitrogens with zero attached hydrogens (tertiary/aromatic N) is 4. The highest BCUT2D eigenvalue weighted by molar-refractivity contribution is 9.11. The lowest BCUT2D eigenvalue weighted by atomic mass is 10.2. The van der Waals surface area contributed by atoms with Gasteiger partial charge in [-0.25, -0.2) is 4.98 Å². The van der Waals surface area contributed by atoms with Gasteiger partial charge in [0.2, 0.25) is 11.6 Å². The quantitative estimate of drug-likeness (QED) is 0.0919. The number of aromatic nitrogens is 2. The zero-order valence-electron chi connectivity index (χ0n) is 21.3. The van der Waals surface area contributed by atoms with E-state index >= 15 is 0 Å². The molecule has 0 amide bonds. The third-order valence-corrected chi connectivity index (χ3v) is 8.10. The molecule has 0 aliphatic carbocycles. The van der Waals surface area contributed by atoms with Crippen LogP contribution in [0.1, 0.15) is 11.1 Å². The number of halogens is 3. The molecule has 0 aliphatic heterocycles. The number of fused-ring (bicyclic) bond motifs is 2. The summed E-state index contributed by atoms with van der Waals surface area (Å²) in [5.74, 6) is 0.519. The topological polar surface area (TPSA) is 113 Å². The molecule has 42 heavy (non-hydrogen) atoms. The Hall–Kier alpha value is -4.13. The third kappa shape index (κ3) is 5.52. The van der Waals surface area contributed by atoms with E-state index in [4.69, 9.17) is 14.1 Å². The largest absolute Gasteiger partial charge is 0.481 e. The van der Waals surface area contributed by atoms with Crippen molar-refractivity contribution >= 4 is 81.6 Å². The number of rotatable bonds is 7. The Bertz CT molecular complexity index is 2110. The summed E-state index contributed by atoms with van der Waals surface area (Å²) in [5, 5.41) is 17.5. The van der Waals surface area contributed by atoms with E-state index in [1.165, 1.54) is 18.3 Å². The van der Waals surface area contributed by atoms with Crippen LogP contribution in [0.3, 0.4) is 0 Å². The maximum absolute atomic E-state index is 13.7. The average Bonchev–Trinajstić information content (AvgIpc) is 3.39. The molecule has 0 N–H and O–H groups in total. The van der Waals surface area contributed by atoms with E-state index in [2.05, 4.69) is 52.9 Å². The Morgan fingerprint density at radius 3 is 2.57 bits per heavy atom. The Labute approximate surface area is 263 Å². The van der Waals surface area contributed by atoms with E-state index in [0.717, 1.165) is 29.0 Å². The lowest BCUT2D eigenvalue weighted by molar-refractivity contribution is -0.386. The van der Waals surface area contributed by atoms with Crippen LogP contribution in [0.2, 0.25) is 0 Å². The maximum atomic E-state index is 13.7. The molecule has 2 aromatic heterocycles. The normalized spacial score (nSPS) is 11.5. The van der Waals surface area contributed by atoms with Crippen LogP contribution in [0.4, 0.5) is 5.69 Å². The first kappa shape index (κ1) is 28.0. The number of nitro benzene ring substituents is 1. The Morgan fingerprint density at radius 1 is 0.976 bits per heavy atom. The van der Waals surface area contributed by atoms with Gasteiger partial charge >= 0.3 is 5.69 Å². The van der Waals surface area contributed by atoms with E-state index in [9.17, 15) is 14.9 Å². The number of para-hydroxylation sites is 2. The molecule has 0 atom stereocenters. The van der Waals surface area contributed by atoms with Gasteiger partial charge in [-0.2, -0.15) is 9.78 Å². The van der Waals surface area contributed by atoms with Crippen LogP contribution in [-0.2, 0) is 6.61 Å². The molecule has 0 saturated heterocycles. The number of nitro groups is 1. The number of hydrogen-bond acceptors (Lipinski definition) is 7. The molecule has 0 unspecified atom stereocenters. The van der Waals surface area contributed by atoms with Crippen LogP contribution >= 0.6 is 47.8 Å². The molecule has 2 heterocycles. The van der Waals surface area contributed by atoms with Crippen molar-refractivity contribution in [2.24, 2.45) is 5.10 Å². The van der Waals surface area contributed by atoms with Crippen LogP contribution in [0.5, 0.6) is 5.75 Å². The number of ether oxygens (including phenoxy) is 1. The first-order valence-corrected chi connectivity index (χ1v) is 14.8. The van der Waals surface area contributed by atoms with Gasteiger partial charge in [-0.05, 0) is 54.6 Å². The van der Waals surface area contributed by atoms with Gasteiger partial charge in [0, 0.05) is 36.0 Å². The molecular weight excluding hydrogens is 736 g/mol. The molecule has 12 heteroatoms. The van der Waals surface area contributed by atoms with Gasteiger partial charge < -0.3 is 9.15 Å². The Balaban J connectivity index is 1.47. The maximum Gasteiger partial charge on any atom is 0.311 e. The van der Waals surface area contributed by atoms with Crippen molar-refractivity contribution in [3.05, 3.63) is 130 Å². The second kappa shape index (κ2) is 11.6. The summed E-state index contributed by atoms with van der Waals surface area (Å²) in [7, 11) is 0. The predicted octanol–water partition coefficient (Wildman–Crippen LogP) is 8.47. The third-order valence-electron chi connectivity index (χ3n) is 6.37. The summed E-state index contributed by atoms with van der Waals surface area (Å²) < 4.78 is 15.7. The van der Waals surface area contributed by atoms with E-state index in [1.54, 1.807) is 36.4 Å². The van der Waals surface area contributed by atoms with Crippen LogP contribution in [0, 0.1) is 10.1 Å². The summed E-state index contributed by atoms with van der Waals surface area (Å²) in [4.78, 5) is 29.7. The predicted molar refractivity (Wildman–Crippen MR) is 171 cm³/mol. The Morgan fingerprint density at radius 2 is 1.76 bits per heavy atom. The lowest BCUT2D eigenvalue weighted by Gasteiger charge is -2.11. The number of benzene rings is 4. The molecule has 0 aliphatic rings. The number of hydrogen-bond donors (Lipinski definition) is 0. The zero-order valence-corrected chi connectivity index (χ0v) is 26.1. The monoisotopic (exact) mass is 750 g/mol. The fourth-order valence-corrected chi connectivity index (χ4v) is 5.91. The highest BCUT2D eigenvalue weighted by Crippen LogP contribution is 2.33. The van der Waals surface area contributed by atoms with Crippen molar-refractivity contribution in [3.8, 4) is 17.3 Å². The summed E-state index contributed by atoms with van der Waals surface area (Å²) in [5.41, 5.74) is 1.51. The minimum atomic E-state index is -0.523. The second-order valence-electron chi connectivity index (χ2n) is 9.08. The van der Waals surface area contributed by atoms with Gasteiger partial charge in [0.15, 0.2) is 5.76 Å². The van der Waals surface area contributed by atoms with E-state index < -0.39 is 10.5 Å². The molecule has 0 radical (unpaired) electrons. The molecule has 9 nitrogen and oxygen atoms in total. The fraction of sp³-hybridized carbons (Fsp3) is 0.0333. The van der Waals surface area contributed by atoms with Gasteiger partial charge in [0.05, 0.1) is 22.0 Å². The molecule has 0 bridgehead atoms. The summed E-state index contributed by atoms with van der Waals surface area (Å²) in [6, 6.07) is 24.3. The van der Waals surface area contributed by atoms with Gasteiger partial charge in [-0.3, -0.25) is 14.9 Å². The average molecular weight is 753 g/mol. The first-order chi connectivity index (χ1) is 20.3. The molecule has 0 spiro atoms. The molecule has 6 aromatic rings. The lowest BCUT2D eigenvalue weighted by Crippen LogP contribution is -2.20. The van der Waals surface area contributed by atoms with E-state index in [-0.39, 0.29) is 23.9 Å². The SMILES string of the molecule is O=c1c2ccccc2nc(-c2cc3cc(Br)ccc3o2)n1N=Cc1cccc([N+](=O)[O-])c1OCc1ccc(Br)cc1Br. The van der Waals surface area contributed by atoms with E-state index in [1.807, 2.05) is 36.4 Å². The number of furan rings is 1. The summed E-state index contributed by atoms with van der Waals surface area (Å²) in [6.45, 7) is 0.0524. The van der Waals surface area contributed by atoms with Crippen LogP contribution in [0.25, 0.3) is 33.5 Å². The molecular formula is C30H17Br3N4O5.